The number of β-amino-alcohol motifs (C(OH)–C–C–N with tert-alkyl or cyclic N) is 1. The van der Waals surface area contributed by atoms with Crippen molar-refractivity contribution in [3.05, 3.63) is 65.5 Å². The maximum absolute atomic E-state index is 14.9. The van der Waals surface area contributed by atoms with E-state index in [0.717, 1.165) is 6.07 Å². The molecule has 3 rings (SSSR count). The van der Waals surface area contributed by atoms with Gasteiger partial charge in [-0.15, -0.1) is 0 Å². The van der Waals surface area contributed by atoms with Gasteiger partial charge in [-0.05, 0) is 71.0 Å². The molecule has 0 amide bonds. The van der Waals surface area contributed by atoms with E-state index in [9.17, 15) is 22.7 Å². The first-order valence-corrected chi connectivity index (χ1v) is 13.0. The Bertz CT molecular complexity index is 1080. The van der Waals surface area contributed by atoms with Crippen molar-refractivity contribution >= 4 is 21.7 Å². The Morgan fingerprint density at radius 1 is 1.18 bits per heavy atom. The summed E-state index contributed by atoms with van der Waals surface area (Å²) >= 11 is 0. The summed E-state index contributed by atoms with van der Waals surface area (Å²) in [6.45, 7) is 6.70. The Kier molecular flexibility index (Phi) is 8.33. The van der Waals surface area contributed by atoms with Gasteiger partial charge in [0.2, 0.25) is 10.0 Å². The molecular formula is C25H33FN2O5S. The van der Waals surface area contributed by atoms with Gasteiger partial charge in [-0.3, -0.25) is 4.31 Å². The quantitative estimate of drug-likeness (QED) is 0.539. The van der Waals surface area contributed by atoms with Crippen LogP contribution in [0.25, 0.3) is 0 Å². The van der Waals surface area contributed by atoms with Crippen LogP contribution in [0.1, 0.15) is 49.5 Å². The van der Waals surface area contributed by atoms with E-state index in [1.54, 1.807) is 51.1 Å². The molecule has 0 aromatic heterocycles. The fraction of sp³-hybridized carbons (Fsp3) is 0.480. The zero-order valence-electron chi connectivity index (χ0n) is 19.9. The van der Waals surface area contributed by atoms with Gasteiger partial charge < -0.3 is 14.7 Å². The molecule has 1 aliphatic heterocycles. The topological polar surface area (TPSA) is 87.2 Å². The molecule has 9 heteroatoms. The third-order valence-electron chi connectivity index (χ3n) is 5.80. The first-order valence-electron chi connectivity index (χ1n) is 11.5. The van der Waals surface area contributed by atoms with Crippen LogP contribution < -0.4 is 4.31 Å². The van der Waals surface area contributed by atoms with E-state index >= 15 is 0 Å². The molecule has 1 fully saturated rings. The summed E-state index contributed by atoms with van der Waals surface area (Å²) in [6.07, 6.45) is 0.845. The van der Waals surface area contributed by atoms with Crippen molar-refractivity contribution in [2.24, 2.45) is 0 Å². The van der Waals surface area contributed by atoms with Gasteiger partial charge in [0.15, 0.2) is 0 Å². The number of sulfonamides is 1. The lowest BCUT2D eigenvalue weighted by atomic mass is 10.1. The highest BCUT2D eigenvalue weighted by atomic mass is 32.2. The van der Waals surface area contributed by atoms with E-state index < -0.39 is 32.7 Å². The Labute approximate surface area is 201 Å². The van der Waals surface area contributed by atoms with E-state index in [2.05, 4.69) is 4.90 Å². The van der Waals surface area contributed by atoms with Gasteiger partial charge in [0.1, 0.15) is 5.82 Å². The number of rotatable bonds is 9. The molecule has 2 aromatic carbocycles. The minimum atomic E-state index is -3.81. The van der Waals surface area contributed by atoms with Gasteiger partial charge in [0.05, 0.1) is 35.3 Å². The molecular weight excluding hydrogens is 459 g/mol. The predicted octanol–water partition coefficient (Wildman–Crippen LogP) is 3.57. The maximum Gasteiger partial charge on any atom is 0.338 e. The summed E-state index contributed by atoms with van der Waals surface area (Å²) in [6, 6.07) is 12.6. The summed E-state index contributed by atoms with van der Waals surface area (Å²) in [7, 11) is -3.81. The van der Waals surface area contributed by atoms with E-state index in [1.165, 1.54) is 16.4 Å². The number of anilines is 1. The molecule has 1 aliphatic rings. The summed E-state index contributed by atoms with van der Waals surface area (Å²) in [5, 5.41) is 9.46. The van der Waals surface area contributed by atoms with Crippen LogP contribution in [-0.2, 0) is 21.3 Å². The number of piperidine rings is 1. The number of hydrogen-bond donors (Lipinski definition) is 1. The minimum absolute atomic E-state index is 0.0800. The molecule has 1 saturated heterocycles. The molecule has 0 atom stereocenters. The highest BCUT2D eigenvalue weighted by Gasteiger charge is 2.36. The van der Waals surface area contributed by atoms with Gasteiger partial charge >= 0.3 is 5.97 Å². The van der Waals surface area contributed by atoms with Crippen molar-refractivity contribution in [3.63, 3.8) is 0 Å². The number of ether oxygens (including phenoxy) is 1. The van der Waals surface area contributed by atoms with Crippen molar-refractivity contribution in [2.75, 3.05) is 30.5 Å². The van der Waals surface area contributed by atoms with Crippen LogP contribution in [0.4, 0.5) is 10.1 Å². The molecule has 2 aromatic rings. The lowest BCUT2D eigenvalue weighted by molar-refractivity contribution is 0.0305. The molecule has 0 bridgehead atoms. The Morgan fingerprint density at radius 2 is 1.82 bits per heavy atom. The molecule has 1 heterocycles. The second kappa shape index (κ2) is 10.8. The highest BCUT2D eigenvalue weighted by Crippen LogP contribution is 2.29. The van der Waals surface area contributed by atoms with Crippen molar-refractivity contribution in [1.29, 1.82) is 0 Å². The first-order chi connectivity index (χ1) is 16.0. The number of carbonyl (C=O) groups is 1. The van der Waals surface area contributed by atoms with Crippen LogP contribution in [0.3, 0.4) is 0 Å². The van der Waals surface area contributed by atoms with E-state index in [0.29, 0.717) is 38.2 Å². The second-order valence-corrected chi connectivity index (χ2v) is 11.3. The molecule has 0 aliphatic carbocycles. The molecule has 0 saturated carbocycles. The van der Waals surface area contributed by atoms with Crippen LogP contribution in [0, 0.1) is 5.82 Å². The first kappa shape index (κ1) is 26.1. The monoisotopic (exact) mass is 492 g/mol. The standard InChI is InChI=1S/C25H33FN2O5S/c1-4-33-24(29)19-10-11-20(23(26)16-19)17-28(21-8-6-5-7-9-21)34(31,32)22-12-14-27(15-13-22)18-25(2,3)30/h5-11,16,22,30H,4,12-15,17-18H2,1-3H3. The molecule has 0 unspecified atom stereocenters. The maximum atomic E-state index is 14.9. The second-order valence-electron chi connectivity index (χ2n) is 9.20. The highest BCUT2D eigenvalue weighted by molar-refractivity contribution is 7.93. The predicted molar refractivity (Wildman–Crippen MR) is 130 cm³/mol. The zero-order chi connectivity index (χ0) is 24.9. The molecule has 7 nitrogen and oxygen atoms in total. The zero-order valence-corrected chi connectivity index (χ0v) is 20.7. The van der Waals surface area contributed by atoms with E-state index in [-0.39, 0.29) is 24.3 Å². The van der Waals surface area contributed by atoms with Gasteiger partial charge in [-0.25, -0.2) is 17.6 Å². The van der Waals surface area contributed by atoms with E-state index in [4.69, 9.17) is 4.74 Å². The number of para-hydroxylation sites is 1. The summed E-state index contributed by atoms with van der Waals surface area (Å²) < 4.78 is 48.5. The number of likely N-dealkylation sites (tertiary alicyclic amines) is 1. The van der Waals surface area contributed by atoms with Gasteiger partial charge in [-0.2, -0.15) is 0 Å². The summed E-state index contributed by atoms with van der Waals surface area (Å²) in [4.78, 5) is 14.0. The molecule has 34 heavy (non-hydrogen) atoms. The average molecular weight is 493 g/mol. The summed E-state index contributed by atoms with van der Waals surface area (Å²) in [5.74, 6) is -1.29. The van der Waals surface area contributed by atoms with Gasteiger partial charge in [-0.1, -0.05) is 24.3 Å². The van der Waals surface area contributed by atoms with E-state index in [1.807, 2.05) is 0 Å². The number of esters is 1. The Morgan fingerprint density at radius 3 is 2.38 bits per heavy atom. The lowest BCUT2D eigenvalue weighted by Gasteiger charge is -2.37. The van der Waals surface area contributed by atoms with Crippen molar-refractivity contribution in [3.8, 4) is 0 Å². The fourth-order valence-electron chi connectivity index (χ4n) is 4.19. The van der Waals surface area contributed by atoms with Crippen LogP contribution in [0.5, 0.6) is 0 Å². The molecule has 0 spiro atoms. The normalized spacial score (nSPS) is 15.8. The number of halogens is 1. The summed E-state index contributed by atoms with van der Waals surface area (Å²) in [5.41, 5.74) is -0.152. The third kappa shape index (κ3) is 6.55. The van der Waals surface area contributed by atoms with Crippen molar-refractivity contribution < 1.29 is 27.4 Å². The number of hydrogen-bond acceptors (Lipinski definition) is 6. The largest absolute Gasteiger partial charge is 0.462 e. The van der Waals surface area contributed by atoms with Crippen LogP contribution >= 0.6 is 0 Å². The van der Waals surface area contributed by atoms with Gasteiger partial charge in [0, 0.05) is 12.1 Å². The average Bonchev–Trinajstić information content (AvgIpc) is 2.78. The van der Waals surface area contributed by atoms with Crippen LogP contribution in [-0.4, -0.2) is 61.5 Å². The molecule has 0 radical (unpaired) electrons. The SMILES string of the molecule is CCOC(=O)c1ccc(CN(c2ccccc2)S(=O)(=O)C2CCN(CC(C)(C)O)CC2)c(F)c1. The Hall–Kier alpha value is -2.49. The Balaban J connectivity index is 1.84. The fourth-order valence-corrected chi connectivity index (χ4v) is 6.09. The van der Waals surface area contributed by atoms with Crippen molar-refractivity contribution in [2.45, 2.75) is 51.0 Å². The molecule has 186 valence electrons. The third-order valence-corrected chi connectivity index (χ3v) is 8.06. The smallest absolute Gasteiger partial charge is 0.338 e. The lowest BCUT2D eigenvalue weighted by Crippen LogP contribution is -2.48. The minimum Gasteiger partial charge on any atom is -0.462 e. The van der Waals surface area contributed by atoms with Gasteiger partial charge in [0.25, 0.3) is 0 Å². The number of carbonyl (C=O) groups excluding carboxylic acids is 1. The van der Waals surface area contributed by atoms with Crippen LogP contribution in [0.2, 0.25) is 0 Å². The number of aliphatic hydroxyl groups is 1. The number of nitrogens with zero attached hydrogens (tertiary/aromatic N) is 2. The van der Waals surface area contributed by atoms with Crippen LogP contribution in [0.15, 0.2) is 48.5 Å². The van der Waals surface area contributed by atoms with Crippen molar-refractivity contribution in [1.82, 2.24) is 4.90 Å². The molecule has 1 N–H and O–H groups in total. The number of benzene rings is 2.